The Balaban J connectivity index is 1.97. The first kappa shape index (κ1) is 24.0. The Labute approximate surface area is 185 Å². The van der Waals surface area contributed by atoms with E-state index >= 15 is 0 Å². The Morgan fingerprint density at radius 1 is 1.07 bits per heavy atom. The zero-order valence-electron chi connectivity index (χ0n) is 18.4. The molecule has 0 aliphatic heterocycles. The molecule has 30 heavy (non-hydrogen) atoms. The number of hydrogen-bond acceptors (Lipinski definition) is 3. The van der Waals surface area contributed by atoms with Gasteiger partial charge in [-0.3, -0.25) is 9.59 Å². The van der Waals surface area contributed by atoms with E-state index in [9.17, 15) is 9.59 Å². The lowest BCUT2D eigenvalue weighted by Gasteiger charge is -2.29. The zero-order valence-corrected chi connectivity index (χ0v) is 19.2. The highest BCUT2D eigenvalue weighted by Gasteiger charge is 2.25. The van der Waals surface area contributed by atoms with Crippen molar-refractivity contribution in [1.29, 1.82) is 0 Å². The molecule has 0 spiro atoms. The Kier molecular flexibility index (Phi) is 10.5. The number of hydrogen-bond donors (Lipinski definition) is 1. The lowest BCUT2D eigenvalue weighted by Crippen LogP contribution is -2.47. The van der Waals surface area contributed by atoms with E-state index in [1.807, 2.05) is 50.2 Å². The number of benzene rings is 2. The van der Waals surface area contributed by atoms with Crippen LogP contribution in [0.25, 0.3) is 0 Å². The molecule has 0 fully saturated rings. The fraction of sp³-hybridized carbons (Fsp3) is 0.440. The van der Waals surface area contributed by atoms with Gasteiger partial charge in [-0.1, -0.05) is 73.5 Å². The summed E-state index contributed by atoms with van der Waals surface area (Å²) in [6.45, 7) is 7.06. The van der Waals surface area contributed by atoms with Gasteiger partial charge in [0.05, 0.1) is 0 Å². The summed E-state index contributed by atoms with van der Waals surface area (Å²) < 4.78 is 0. The van der Waals surface area contributed by atoms with Gasteiger partial charge in [0.2, 0.25) is 11.8 Å². The number of nitrogens with zero attached hydrogens (tertiary/aromatic N) is 1. The molecule has 1 N–H and O–H groups in total. The van der Waals surface area contributed by atoms with Crippen LogP contribution in [0.1, 0.15) is 49.8 Å². The minimum Gasteiger partial charge on any atom is -0.354 e. The van der Waals surface area contributed by atoms with Gasteiger partial charge in [-0.15, -0.1) is 0 Å². The molecule has 2 amide bonds. The number of unbranched alkanes of at least 4 members (excludes halogenated alkanes) is 1. The average molecular weight is 427 g/mol. The quantitative estimate of drug-likeness (QED) is 0.489. The van der Waals surface area contributed by atoms with Crippen LogP contribution in [0.15, 0.2) is 54.6 Å². The highest BCUT2D eigenvalue weighted by atomic mass is 32.2. The second kappa shape index (κ2) is 13.1. The van der Waals surface area contributed by atoms with Crippen LogP contribution in [0.2, 0.25) is 0 Å². The molecule has 0 heterocycles. The summed E-state index contributed by atoms with van der Waals surface area (Å²) in [5.74, 6) is 1.57. The second-order valence-corrected chi connectivity index (χ2v) is 8.72. The number of rotatable bonds is 12. The summed E-state index contributed by atoms with van der Waals surface area (Å²) in [6, 6.07) is 17.9. The van der Waals surface area contributed by atoms with Gasteiger partial charge in [-0.25, -0.2) is 0 Å². The van der Waals surface area contributed by atoms with Crippen molar-refractivity contribution >= 4 is 23.6 Å². The molecule has 4 nitrogen and oxygen atoms in total. The first-order chi connectivity index (χ1) is 14.5. The maximum atomic E-state index is 13.1. The molecule has 5 heteroatoms. The Hall–Kier alpha value is -2.27. The largest absolute Gasteiger partial charge is 0.354 e. The van der Waals surface area contributed by atoms with Gasteiger partial charge in [0.25, 0.3) is 0 Å². The van der Waals surface area contributed by atoms with Crippen LogP contribution in [0.4, 0.5) is 0 Å². The van der Waals surface area contributed by atoms with Crippen LogP contribution in [0.5, 0.6) is 0 Å². The predicted molar refractivity (Wildman–Crippen MR) is 126 cm³/mol. The van der Waals surface area contributed by atoms with Crippen molar-refractivity contribution in [2.45, 2.75) is 58.4 Å². The first-order valence-corrected chi connectivity index (χ1v) is 11.9. The number of carbonyl (C=O) groups excluding carboxylic acids is 2. The number of amides is 2. The van der Waals surface area contributed by atoms with Crippen molar-refractivity contribution in [2.75, 3.05) is 12.3 Å². The van der Waals surface area contributed by atoms with Crippen LogP contribution in [-0.4, -0.2) is 35.1 Å². The third kappa shape index (κ3) is 8.23. The monoisotopic (exact) mass is 426 g/mol. The van der Waals surface area contributed by atoms with Crippen LogP contribution in [0.3, 0.4) is 0 Å². The molecule has 1 atom stereocenters. The molecule has 2 rings (SSSR count). The molecular formula is C25H34N2O2S. The molecule has 162 valence electrons. The molecular weight excluding hydrogens is 392 g/mol. The van der Waals surface area contributed by atoms with Gasteiger partial charge in [-0.2, -0.15) is 11.8 Å². The van der Waals surface area contributed by atoms with Gasteiger partial charge in [-0.05, 0) is 31.4 Å². The number of aryl methyl sites for hydroxylation is 1. The highest BCUT2D eigenvalue weighted by molar-refractivity contribution is 7.98. The summed E-state index contributed by atoms with van der Waals surface area (Å²) in [4.78, 5) is 27.4. The van der Waals surface area contributed by atoms with Gasteiger partial charge in [0.15, 0.2) is 0 Å². The van der Waals surface area contributed by atoms with Crippen molar-refractivity contribution in [3.05, 3.63) is 71.3 Å². The van der Waals surface area contributed by atoms with E-state index in [2.05, 4.69) is 30.4 Å². The van der Waals surface area contributed by atoms with E-state index in [-0.39, 0.29) is 11.8 Å². The molecule has 0 radical (unpaired) electrons. The Bertz CT molecular complexity index is 795. The fourth-order valence-electron chi connectivity index (χ4n) is 3.19. The minimum absolute atomic E-state index is 0.0233. The van der Waals surface area contributed by atoms with Gasteiger partial charge in [0.1, 0.15) is 6.04 Å². The predicted octanol–water partition coefficient (Wildman–Crippen LogP) is 4.95. The molecule has 0 aromatic heterocycles. The first-order valence-electron chi connectivity index (χ1n) is 10.8. The SMILES string of the molecule is CCCCNC(=O)C(C)N(Cc1cccc(C)c1)C(=O)CCSCc1ccccc1. The fourth-order valence-corrected chi connectivity index (χ4v) is 4.08. The summed E-state index contributed by atoms with van der Waals surface area (Å²) in [7, 11) is 0. The second-order valence-electron chi connectivity index (χ2n) is 7.62. The van der Waals surface area contributed by atoms with Crippen molar-refractivity contribution in [1.82, 2.24) is 10.2 Å². The topological polar surface area (TPSA) is 49.4 Å². The van der Waals surface area contributed by atoms with Gasteiger partial charge >= 0.3 is 0 Å². The van der Waals surface area contributed by atoms with Crippen molar-refractivity contribution < 1.29 is 9.59 Å². The maximum absolute atomic E-state index is 13.1. The number of thioether (sulfide) groups is 1. The molecule has 0 saturated carbocycles. The van der Waals surface area contributed by atoms with E-state index in [0.29, 0.717) is 19.5 Å². The summed E-state index contributed by atoms with van der Waals surface area (Å²) in [5.41, 5.74) is 3.46. The standard InChI is InChI=1S/C25H34N2O2S/c1-4-5-15-26-25(29)21(3)27(18-23-13-9-10-20(2)17-23)24(28)14-16-30-19-22-11-7-6-8-12-22/h6-13,17,21H,4-5,14-16,18-19H2,1-3H3,(H,26,29). The molecule has 0 bridgehead atoms. The van der Waals surface area contributed by atoms with Gasteiger partial charge < -0.3 is 10.2 Å². The smallest absolute Gasteiger partial charge is 0.242 e. The van der Waals surface area contributed by atoms with E-state index in [1.54, 1.807) is 16.7 Å². The lowest BCUT2D eigenvalue weighted by atomic mass is 10.1. The molecule has 0 aliphatic carbocycles. The third-order valence-electron chi connectivity index (χ3n) is 5.00. The Morgan fingerprint density at radius 2 is 1.80 bits per heavy atom. The van der Waals surface area contributed by atoms with Gasteiger partial charge in [0, 0.05) is 31.0 Å². The Morgan fingerprint density at radius 3 is 2.50 bits per heavy atom. The van der Waals surface area contributed by atoms with Crippen molar-refractivity contribution in [3.63, 3.8) is 0 Å². The number of nitrogens with one attached hydrogen (secondary N) is 1. The summed E-state index contributed by atoms with van der Waals surface area (Å²) in [6.07, 6.45) is 2.40. The molecule has 2 aromatic rings. The van der Waals surface area contributed by atoms with E-state index in [1.165, 1.54) is 5.56 Å². The van der Waals surface area contributed by atoms with Crippen molar-refractivity contribution in [3.8, 4) is 0 Å². The van der Waals surface area contributed by atoms with E-state index in [0.717, 1.165) is 35.5 Å². The molecule has 2 aromatic carbocycles. The molecule has 1 unspecified atom stereocenters. The molecule has 0 saturated heterocycles. The van der Waals surface area contributed by atoms with E-state index < -0.39 is 6.04 Å². The normalized spacial score (nSPS) is 11.7. The van der Waals surface area contributed by atoms with E-state index in [4.69, 9.17) is 0 Å². The summed E-state index contributed by atoms with van der Waals surface area (Å²) >= 11 is 1.75. The van der Waals surface area contributed by atoms with Crippen LogP contribution in [-0.2, 0) is 21.9 Å². The lowest BCUT2D eigenvalue weighted by molar-refractivity contribution is -0.140. The van der Waals surface area contributed by atoms with Crippen LogP contribution < -0.4 is 5.32 Å². The van der Waals surface area contributed by atoms with Crippen molar-refractivity contribution in [2.24, 2.45) is 0 Å². The maximum Gasteiger partial charge on any atom is 0.242 e. The molecule has 0 aliphatic rings. The summed E-state index contributed by atoms with van der Waals surface area (Å²) in [5, 5.41) is 2.97. The average Bonchev–Trinajstić information content (AvgIpc) is 2.75. The van der Waals surface area contributed by atoms with Crippen LogP contribution in [0, 0.1) is 6.92 Å². The van der Waals surface area contributed by atoms with Crippen LogP contribution >= 0.6 is 11.8 Å². The number of carbonyl (C=O) groups is 2. The zero-order chi connectivity index (χ0) is 21.8. The third-order valence-corrected chi connectivity index (χ3v) is 6.03. The minimum atomic E-state index is -0.492. The highest BCUT2D eigenvalue weighted by Crippen LogP contribution is 2.16.